The van der Waals surface area contributed by atoms with Gasteiger partial charge in [0.25, 0.3) is 0 Å². The smallest absolute Gasteiger partial charge is 0.252 e. The predicted molar refractivity (Wildman–Crippen MR) is 50.6 cm³/mol. The molecule has 1 aromatic rings. The molecular weight excluding hydrogens is 241 g/mol. The zero-order valence-corrected chi connectivity index (χ0v) is 8.77. The summed E-state index contributed by atoms with van der Waals surface area (Å²) in [7, 11) is 0. The van der Waals surface area contributed by atoms with Crippen LogP contribution in [-0.2, 0) is 12.6 Å². The van der Waals surface area contributed by atoms with E-state index in [1.54, 1.807) is 0 Å². The zero-order valence-electron chi connectivity index (χ0n) is 8.77. The van der Waals surface area contributed by atoms with Gasteiger partial charge in [-0.1, -0.05) is 0 Å². The van der Waals surface area contributed by atoms with Crippen LogP contribution in [0.5, 0.6) is 0 Å². The summed E-state index contributed by atoms with van der Waals surface area (Å²) in [6.07, 6.45) is -3.65. The van der Waals surface area contributed by atoms with Crippen LogP contribution in [0.4, 0.5) is 22.0 Å². The lowest BCUT2D eigenvalue weighted by Crippen LogP contribution is -2.36. The second-order valence-corrected chi connectivity index (χ2v) is 4.38. The van der Waals surface area contributed by atoms with Crippen LogP contribution in [0.15, 0.2) is 18.3 Å². The Morgan fingerprint density at radius 2 is 1.94 bits per heavy atom. The molecule has 0 radical (unpaired) electrons. The summed E-state index contributed by atoms with van der Waals surface area (Å²) in [6.45, 7) is 0. The second kappa shape index (κ2) is 3.92. The van der Waals surface area contributed by atoms with Gasteiger partial charge in [-0.3, -0.25) is 4.98 Å². The Labute approximate surface area is 94.7 Å². The monoisotopic (exact) mass is 251 g/mol. The first-order valence-corrected chi connectivity index (χ1v) is 5.16. The molecule has 0 aromatic carbocycles. The highest BCUT2D eigenvalue weighted by Gasteiger charge is 2.45. The van der Waals surface area contributed by atoms with Gasteiger partial charge in [-0.05, 0) is 30.0 Å². The van der Waals surface area contributed by atoms with Gasteiger partial charge in [-0.15, -0.1) is 0 Å². The molecule has 94 valence electrons. The maximum absolute atomic E-state index is 12.6. The van der Waals surface area contributed by atoms with Crippen LogP contribution in [0.1, 0.15) is 24.1 Å². The number of hydrogen-bond donors (Lipinski definition) is 0. The van der Waals surface area contributed by atoms with Gasteiger partial charge in [-0.2, -0.15) is 13.2 Å². The molecule has 0 spiro atoms. The molecular formula is C11H10F5N. The van der Waals surface area contributed by atoms with Crippen LogP contribution in [0.25, 0.3) is 0 Å². The molecule has 1 aliphatic carbocycles. The maximum Gasteiger partial charge on any atom is 0.433 e. The highest BCUT2D eigenvalue weighted by Crippen LogP contribution is 2.44. The normalized spacial score (nSPS) is 20.1. The molecule has 0 amide bonds. The summed E-state index contributed by atoms with van der Waals surface area (Å²) < 4.78 is 62.2. The quantitative estimate of drug-likeness (QED) is 0.730. The predicted octanol–water partition coefficient (Wildman–Crippen LogP) is 3.69. The third-order valence-corrected chi connectivity index (χ3v) is 2.81. The third kappa shape index (κ3) is 2.92. The minimum Gasteiger partial charge on any atom is -0.252 e. The minimum atomic E-state index is -4.49. The Morgan fingerprint density at radius 1 is 1.29 bits per heavy atom. The van der Waals surface area contributed by atoms with E-state index in [9.17, 15) is 22.0 Å². The van der Waals surface area contributed by atoms with E-state index in [-0.39, 0.29) is 25.2 Å². The molecule has 0 bridgehead atoms. The molecule has 1 saturated carbocycles. The van der Waals surface area contributed by atoms with E-state index in [0.717, 1.165) is 12.3 Å². The van der Waals surface area contributed by atoms with E-state index in [1.165, 1.54) is 6.07 Å². The molecule has 0 unspecified atom stereocenters. The van der Waals surface area contributed by atoms with Crippen molar-refractivity contribution in [1.29, 1.82) is 0 Å². The molecule has 17 heavy (non-hydrogen) atoms. The van der Waals surface area contributed by atoms with E-state index in [0.29, 0.717) is 5.56 Å². The molecule has 1 nitrogen and oxygen atoms in total. The molecule has 0 saturated heterocycles. The van der Waals surface area contributed by atoms with Gasteiger partial charge in [0.2, 0.25) is 5.92 Å². The molecule has 1 heterocycles. The van der Waals surface area contributed by atoms with Crippen molar-refractivity contribution in [2.24, 2.45) is 5.92 Å². The maximum atomic E-state index is 12.6. The lowest BCUT2D eigenvalue weighted by Gasteiger charge is -2.35. The summed E-state index contributed by atoms with van der Waals surface area (Å²) in [5.74, 6) is -2.86. The van der Waals surface area contributed by atoms with Crippen molar-refractivity contribution in [3.63, 3.8) is 0 Å². The van der Waals surface area contributed by atoms with Crippen LogP contribution in [-0.4, -0.2) is 10.9 Å². The molecule has 1 aromatic heterocycles. The van der Waals surface area contributed by atoms with Gasteiger partial charge < -0.3 is 0 Å². The van der Waals surface area contributed by atoms with Crippen molar-refractivity contribution in [1.82, 2.24) is 4.98 Å². The first-order chi connectivity index (χ1) is 7.76. The number of hydrogen-bond acceptors (Lipinski definition) is 1. The fourth-order valence-corrected chi connectivity index (χ4v) is 2.02. The van der Waals surface area contributed by atoms with Crippen molar-refractivity contribution < 1.29 is 22.0 Å². The number of rotatable bonds is 2. The SMILES string of the molecule is FC1(F)CC(Cc2ccnc(C(F)(F)F)c2)C1. The molecule has 6 heteroatoms. The number of halogens is 5. The summed E-state index contributed by atoms with van der Waals surface area (Å²) in [6, 6.07) is 2.36. The van der Waals surface area contributed by atoms with Gasteiger partial charge in [-0.25, -0.2) is 8.78 Å². The molecule has 2 rings (SSSR count). The highest BCUT2D eigenvalue weighted by molar-refractivity contribution is 5.19. The summed E-state index contributed by atoms with van der Waals surface area (Å²) in [4.78, 5) is 3.22. The van der Waals surface area contributed by atoms with E-state index in [1.807, 2.05) is 0 Å². The fraction of sp³-hybridized carbons (Fsp3) is 0.545. The van der Waals surface area contributed by atoms with Crippen molar-refractivity contribution in [3.05, 3.63) is 29.6 Å². The van der Waals surface area contributed by atoms with Gasteiger partial charge in [0.15, 0.2) is 0 Å². The summed E-state index contributed by atoms with van der Waals surface area (Å²) in [5, 5.41) is 0. The van der Waals surface area contributed by atoms with Gasteiger partial charge >= 0.3 is 6.18 Å². The van der Waals surface area contributed by atoms with Crippen LogP contribution in [0.2, 0.25) is 0 Å². The molecule has 1 fully saturated rings. The fourth-order valence-electron chi connectivity index (χ4n) is 2.02. The lowest BCUT2D eigenvalue weighted by atomic mass is 9.77. The van der Waals surface area contributed by atoms with Crippen LogP contribution < -0.4 is 0 Å². The Morgan fingerprint density at radius 3 is 2.47 bits per heavy atom. The molecule has 0 atom stereocenters. The molecule has 0 N–H and O–H groups in total. The van der Waals surface area contributed by atoms with E-state index >= 15 is 0 Å². The standard InChI is InChI=1S/C11H10F5N/c12-10(13)5-8(6-10)3-7-1-2-17-9(4-7)11(14,15)16/h1-2,4,8H,3,5-6H2. The van der Waals surface area contributed by atoms with Crippen LogP contribution in [0.3, 0.4) is 0 Å². The van der Waals surface area contributed by atoms with E-state index in [2.05, 4.69) is 4.98 Å². The third-order valence-electron chi connectivity index (χ3n) is 2.81. The Balaban J connectivity index is 2.03. The van der Waals surface area contributed by atoms with Crippen LogP contribution in [0, 0.1) is 5.92 Å². The topological polar surface area (TPSA) is 12.9 Å². The number of pyridine rings is 1. The summed E-state index contributed by atoms with van der Waals surface area (Å²) >= 11 is 0. The zero-order chi connectivity index (χ0) is 12.7. The van der Waals surface area contributed by atoms with Crippen molar-refractivity contribution in [2.75, 3.05) is 0 Å². The first kappa shape index (κ1) is 12.3. The van der Waals surface area contributed by atoms with Crippen molar-refractivity contribution >= 4 is 0 Å². The average molecular weight is 251 g/mol. The highest BCUT2D eigenvalue weighted by atomic mass is 19.4. The van der Waals surface area contributed by atoms with Gasteiger partial charge in [0.1, 0.15) is 5.69 Å². The lowest BCUT2D eigenvalue weighted by molar-refractivity contribution is -0.141. The first-order valence-electron chi connectivity index (χ1n) is 5.16. The van der Waals surface area contributed by atoms with Crippen molar-refractivity contribution in [3.8, 4) is 0 Å². The number of nitrogens with zero attached hydrogens (tertiary/aromatic N) is 1. The number of alkyl halides is 5. The van der Waals surface area contributed by atoms with Crippen molar-refractivity contribution in [2.45, 2.75) is 31.4 Å². The Kier molecular flexibility index (Phi) is 2.83. The number of aromatic nitrogens is 1. The largest absolute Gasteiger partial charge is 0.433 e. The van der Waals surface area contributed by atoms with Crippen LogP contribution >= 0.6 is 0 Å². The second-order valence-electron chi connectivity index (χ2n) is 4.38. The van der Waals surface area contributed by atoms with E-state index in [4.69, 9.17) is 0 Å². The molecule has 0 aliphatic heterocycles. The van der Waals surface area contributed by atoms with Gasteiger partial charge in [0.05, 0.1) is 0 Å². The van der Waals surface area contributed by atoms with E-state index < -0.39 is 17.8 Å². The Bertz CT molecular complexity index is 405. The Hall–Kier alpha value is -1.20. The minimum absolute atomic E-state index is 0.228. The molecule has 1 aliphatic rings. The average Bonchev–Trinajstić information content (AvgIpc) is 2.14. The van der Waals surface area contributed by atoms with Gasteiger partial charge in [0, 0.05) is 19.0 Å². The summed E-state index contributed by atoms with van der Waals surface area (Å²) in [5.41, 5.74) is -0.561.